The second-order valence-corrected chi connectivity index (χ2v) is 26.8. The molecule has 15 nitrogen and oxygen atoms in total. The van der Waals surface area contributed by atoms with E-state index in [1.54, 1.807) is 15.7 Å². The fourth-order valence-electron chi connectivity index (χ4n) is 8.12. The summed E-state index contributed by atoms with van der Waals surface area (Å²) in [6.07, 6.45) is 11.1. The number of carbonyl (C=O) groups excluding carboxylic acids is 3. The topological polar surface area (TPSA) is 177 Å². The number of ketones is 1. The van der Waals surface area contributed by atoms with E-state index in [-0.39, 0.29) is 54.6 Å². The molecule has 0 radical (unpaired) electrons. The van der Waals surface area contributed by atoms with Crippen molar-refractivity contribution in [3.8, 4) is 11.3 Å². The maximum atomic E-state index is 14.2. The van der Waals surface area contributed by atoms with Crippen molar-refractivity contribution >= 4 is 46.7 Å². The monoisotopic (exact) mass is 913 g/mol. The van der Waals surface area contributed by atoms with Crippen LogP contribution in [0, 0.1) is 11.3 Å². The number of nitrogens with zero attached hydrogens (tertiary/aromatic N) is 4. The van der Waals surface area contributed by atoms with Gasteiger partial charge in [-0.2, -0.15) is 8.42 Å². The summed E-state index contributed by atoms with van der Waals surface area (Å²) in [5.41, 5.74) is 0.805. The van der Waals surface area contributed by atoms with Gasteiger partial charge in [-0.3, -0.25) is 18.6 Å². The van der Waals surface area contributed by atoms with Crippen molar-refractivity contribution in [3.63, 3.8) is 0 Å². The molecular weight excluding hydrogens is 843 g/mol. The first-order chi connectivity index (χ1) is 29.7. The van der Waals surface area contributed by atoms with Crippen LogP contribution in [0.5, 0.6) is 0 Å². The van der Waals surface area contributed by atoms with Crippen LogP contribution in [-0.4, -0.2) is 105 Å². The van der Waals surface area contributed by atoms with Crippen molar-refractivity contribution in [1.29, 1.82) is 0 Å². The van der Waals surface area contributed by atoms with Gasteiger partial charge in [-0.15, -0.1) is 0 Å². The summed E-state index contributed by atoms with van der Waals surface area (Å²) in [4.78, 5) is 59.3. The van der Waals surface area contributed by atoms with Gasteiger partial charge >= 0.3 is 6.09 Å². The number of hydrogen-bond acceptors (Lipinski definition) is 11. The molecule has 1 N–H and O–H groups in total. The third kappa shape index (κ3) is 15.1. The molecule has 0 bridgehead atoms. The van der Waals surface area contributed by atoms with Crippen LogP contribution < -0.4 is 10.9 Å². The molecule has 5 rings (SSSR count). The molecule has 2 amide bonds. The number of nitrogens with one attached hydrogen (secondary N) is 1. The Bertz CT molecular complexity index is 2200. The van der Waals surface area contributed by atoms with Crippen LogP contribution in [0.15, 0.2) is 41.5 Å². The Balaban J connectivity index is 1.35. The number of carbonyl (C=O) groups is 3. The molecular formula is C46H71N5O10SSi. The number of aromatic nitrogens is 3. The summed E-state index contributed by atoms with van der Waals surface area (Å²) in [7, 11) is -4.88. The van der Waals surface area contributed by atoms with Gasteiger partial charge in [0.25, 0.3) is 15.7 Å². The Morgan fingerprint density at radius 2 is 1.73 bits per heavy atom. The molecule has 350 valence electrons. The molecule has 1 saturated carbocycles. The molecule has 1 spiro atoms. The maximum Gasteiger partial charge on any atom is 0.410 e. The number of hydrogen-bond donors (Lipinski definition) is 1. The number of unbranched alkanes of at least 4 members (excludes halogenated alkanes) is 2. The molecule has 2 aliphatic rings. The predicted molar refractivity (Wildman–Crippen MR) is 247 cm³/mol. The number of pyridine rings is 1. The van der Waals surface area contributed by atoms with Gasteiger partial charge < -0.3 is 33.6 Å². The van der Waals surface area contributed by atoms with Crippen molar-refractivity contribution in [2.75, 3.05) is 45.8 Å². The summed E-state index contributed by atoms with van der Waals surface area (Å²) in [6.45, 7) is 17.3. The Labute approximate surface area is 374 Å². The highest BCUT2D eigenvalue weighted by Gasteiger charge is 2.59. The first-order valence-electron chi connectivity index (χ1n) is 22.7. The lowest BCUT2D eigenvalue weighted by Gasteiger charge is -2.34. The third-order valence-corrected chi connectivity index (χ3v) is 14.3. The molecule has 2 fully saturated rings. The zero-order chi connectivity index (χ0) is 46.0. The summed E-state index contributed by atoms with van der Waals surface area (Å²) >= 11 is 0. The predicted octanol–water partition coefficient (Wildman–Crippen LogP) is 7.68. The number of piperidine rings is 1. The van der Waals surface area contributed by atoms with E-state index in [1.807, 2.05) is 58.2 Å². The zero-order valence-electron chi connectivity index (χ0n) is 38.8. The van der Waals surface area contributed by atoms with Crippen LogP contribution in [-0.2, 0) is 51.4 Å². The second kappa shape index (κ2) is 21.9. The summed E-state index contributed by atoms with van der Waals surface area (Å²) in [5.74, 6) is 0.790. The highest BCUT2D eigenvalue weighted by Crippen LogP contribution is 2.59. The quantitative estimate of drug-likeness (QED) is 0.0530. The third-order valence-electron chi connectivity index (χ3n) is 12.0. The van der Waals surface area contributed by atoms with Gasteiger partial charge in [-0.05, 0) is 94.3 Å². The zero-order valence-corrected chi connectivity index (χ0v) is 40.6. The molecule has 17 heteroatoms. The SMILES string of the molecule is CCC(=O)CCCCC[C@H](NC(=O)[C@H]1CC12CCN(C(=O)OC(C)(C)C)CC2)c1ncc(-c2ccc3c(=O)n(CCOCCCOS(C)(=O)=O)ccc3c2)n1COCC[Si](C)(C)C. The standard InChI is InChI=1S/C46H71N5O10SSi/c1-9-36(52)14-11-10-12-15-39(48-42(53)38-31-46(38)19-22-50(23-20-46)44(55)61-45(2,3)4)41-47-32-40(51(41)33-59-28-29-63(6,7)8)35-16-17-37-34(30-35)18-21-49(43(37)54)24-27-58-25-13-26-60-62(5,56)57/h16-18,21,30,32,38-39H,9-15,19-20,22-29,31,33H2,1-8H3,(H,48,53)/t38-,39+/m1/s1. The van der Waals surface area contributed by atoms with Crippen LogP contribution in [0.1, 0.15) is 104 Å². The van der Waals surface area contributed by atoms with Crippen molar-refractivity contribution < 1.29 is 41.2 Å². The summed E-state index contributed by atoms with van der Waals surface area (Å²) in [6, 6.07) is 8.21. The van der Waals surface area contributed by atoms with E-state index in [0.717, 1.165) is 67.5 Å². The van der Waals surface area contributed by atoms with Crippen molar-refractivity contribution in [2.24, 2.45) is 11.3 Å². The number of amides is 2. The van der Waals surface area contributed by atoms with Gasteiger partial charge in [0, 0.05) is 76.8 Å². The molecule has 0 unspecified atom stereocenters. The molecule has 1 saturated heterocycles. The molecule has 3 heterocycles. The lowest BCUT2D eigenvalue weighted by atomic mass is 9.90. The number of imidazole rings is 1. The van der Waals surface area contributed by atoms with E-state index in [2.05, 4.69) is 29.5 Å². The fourth-order valence-corrected chi connectivity index (χ4v) is 9.30. The Morgan fingerprint density at radius 3 is 2.41 bits per heavy atom. The van der Waals surface area contributed by atoms with Crippen LogP contribution in [0.3, 0.4) is 0 Å². The number of rotatable bonds is 24. The average molecular weight is 914 g/mol. The number of likely N-dealkylation sites (tertiary alicyclic amines) is 1. The molecule has 2 atom stereocenters. The highest BCUT2D eigenvalue weighted by molar-refractivity contribution is 7.85. The second-order valence-electron chi connectivity index (χ2n) is 19.5. The first-order valence-corrected chi connectivity index (χ1v) is 28.2. The van der Waals surface area contributed by atoms with E-state index in [1.165, 1.54) is 0 Å². The van der Waals surface area contributed by atoms with Gasteiger partial charge in [0.1, 0.15) is 23.9 Å². The number of fused-ring (bicyclic) bond motifs is 1. The van der Waals surface area contributed by atoms with Crippen LogP contribution >= 0.6 is 0 Å². The highest BCUT2D eigenvalue weighted by atomic mass is 32.2. The van der Waals surface area contributed by atoms with Gasteiger partial charge in [-0.1, -0.05) is 45.5 Å². The fraction of sp³-hybridized carbons (Fsp3) is 0.674. The summed E-state index contributed by atoms with van der Waals surface area (Å²) < 4.78 is 48.3. The van der Waals surface area contributed by atoms with Crippen molar-refractivity contribution in [1.82, 2.24) is 24.3 Å². The van der Waals surface area contributed by atoms with E-state index < -0.39 is 29.8 Å². The van der Waals surface area contributed by atoms with Crippen LogP contribution in [0.4, 0.5) is 4.79 Å². The maximum absolute atomic E-state index is 14.2. The van der Waals surface area contributed by atoms with Gasteiger partial charge in [0.15, 0.2) is 0 Å². The Hall–Kier alpha value is -3.90. The minimum Gasteiger partial charge on any atom is -0.444 e. The number of benzene rings is 1. The van der Waals surface area contributed by atoms with Crippen molar-refractivity contribution in [3.05, 3.63) is 52.8 Å². The van der Waals surface area contributed by atoms with E-state index in [9.17, 15) is 27.6 Å². The van der Waals surface area contributed by atoms with Crippen LogP contribution in [0.2, 0.25) is 25.7 Å². The Kier molecular flexibility index (Phi) is 17.4. The molecule has 1 aromatic carbocycles. The normalized spacial score (nSPS) is 17.0. The molecule has 1 aliphatic carbocycles. The van der Waals surface area contributed by atoms with E-state index in [4.69, 9.17) is 23.4 Å². The minimum atomic E-state index is -3.49. The first kappa shape index (κ1) is 50.1. The Morgan fingerprint density at radius 1 is 0.984 bits per heavy atom. The van der Waals surface area contributed by atoms with E-state index >= 15 is 0 Å². The average Bonchev–Trinajstić information content (AvgIpc) is 3.74. The molecule has 1 aliphatic heterocycles. The largest absolute Gasteiger partial charge is 0.444 e. The number of ether oxygens (including phenoxy) is 3. The van der Waals surface area contributed by atoms with Crippen LogP contribution in [0.25, 0.3) is 22.0 Å². The minimum absolute atomic E-state index is 0.00373. The lowest BCUT2D eigenvalue weighted by Crippen LogP contribution is -2.43. The molecule has 63 heavy (non-hydrogen) atoms. The number of Topliss-reactive ketones (excluding diaryl/α,β-unsaturated/α-hetero) is 1. The van der Waals surface area contributed by atoms with Crippen molar-refractivity contribution in [2.45, 2.75) is 143 Å². The lowest BCUT2D eigenvalue weighted by molar-refractivity contribution is -0.124. The van der Waals surface area contributed by atoms with Gasteiger partial charge in [0.05, 0.1) is 37.4 Å². The molecule has 2 aromatic heterocycles. The molecule has 3 aromatic rings. The smallest absolute Gasteiger partial charge is 0.410 e. The summed E-state index contributed by atoms with van der Waals surface area (Å²) in [5, 5.41) is 4.74. The van der Waals surface area contributed by atoms with E-state index in [0.29, 0.717) is 69.7 Å². The van der Waals surface area contributed by atoms with Gasteiger partial charge in [-0.25, -0.2) is 9.78 Å². The van der Waals surface area contributed by atoms with Gasteiger partial charge in [0.2, 0.25) is 5.91 Å².